The van der Waals surface area contributed by atoms with Crippen molar-refractivity contribution < 1.29 is 4.74 Å². The fraction of sp³-hybridized carbons (Fsp3) is 0.438. The number of hydrogen-bond donors (Lipinski definition) is 1. The molecule has 20 heavy (non-hydrogen) atoms. The molecule has 4 heteroatoms. The van der Waals surface area contributed by atoms with Crippen LogP contribution in [-0.4, -0.2) is 18.6 Å². The van der Waals surface area contributed by atoms with Gasteiger partial charge in [-0.15, -0.1) is 11.3 Å². The highest BCUT2D eigenvalue weighted by molar-refractivity contribution is 7.09. The minimum atomic E-state index is -0.0756. The molecular weight excluding hydrogens is 268 g/mol. The molecule has 1 heterocycles. The van der Waals surface area contributed by atoms with Crippen molar-refractivity contribution >= 4 is 11.3 Å². The van der Waals surface area contributed by atoms with Crippen LogP contribution in [0.3, 0.4) is 0 Å². The predicted octanol–water partition coefficient (Wildman–Crippen LogP) is 3.94. The average molecular weight is 290 g/mol. The van der Waals surface area contributed by atoms with Gasteiger partial charge >= 0.3 is 0 Å². The zero-order valence-corrected chi connectivity index (χ0v) is 13.1. The second-order valence-corrected chi connectivity index (χ2v) is 5.70. The molecule has 1 N–H and O–H groups in total. The largest absolute Gasteiger partial charge is 0.370 e. The molecule has 0 spiro atoms. The van der Waals surface area contributed by atoms with Crippen molar-refractivity contribution in [1.29, 1.82) is 0 Å². The summed E-state index contributed by atoms with van der Waals surface area (Å²) in [4.78, 5) is 4.74. The normalized spacial score (nSPS) is 14.2. The van der Waals surface area contributed by atoms with Gasteiger partial charge in [0.25, 0.3) is 0 Å². The first-order valence-electron chi connectivity index (χ1n) is 7.02. The van der Waals surface area contributed by atoms with Crippen LogP contribution >= 0.6 is 11.3 Å². The molecule has 1 aromatic carbocycles. The molecule has 0 aliphatic rings. The second kappa shape index (κ2) is 7.53. The van der Waals surface area contributed by atoms with Crippen LogP contribution in [0.1, 0.15) is 48.7 Å². The summed E-state index contributed by atoms with van der Waals surface area (Å²) in [6, 6.07) is 10.5. The van der Waals surface area contributed by atoms with Crippen molar-refractivity contribution in [1.82, 2.24) is 10.3 Å². The number of aromatic nitrogens is 1. The van der Waals surface area contributed by atoms with E-state index >= 15 is 0 Å². The Hall–Kier alpha value is -1.23. The summed E-state index contributed by atoms with van der Waals surface area (Å²) in [6.07, 6.45) is 1.06. The third-order valence-corrected chi connectivity index (χ3v) is 4.15. The Kier molecular flexibility index (Phi) is 5.71. The lowest BCUT2D eigenvalue weighted by Gasteiger charge is -2.13. The highest BCUT2D eigenvalue weighted by Gasteiger charge is 2.18. The molecule has 3 nitrogen and oxygen atoms in total. The number of ether oxygens (including phenoxy) is 1. The number of rotatable bonds is 7. The second-order valence-electron chi connectivity index (χ2n) is 4.81. The lowest BCUT2D eigenvalue weighted by Crippen LogP contribution is -2.19. The van der Waals surface area contributed by atoms with Gasteiger partial charge < -0.3 is 10.1 Å². The molecule has 0 amide bonds. The molecule has 2 rings (SSSR count). The van der Waals surface area contributed by atoms with E-state index in [9.17, 15) is 0 Å². The first-order chi connectivity index (χ1) is 9.76. The molecule has 0 bridgehead atoms. The van der Waals surface area contributed by atoms with Gasteiger partial charge in [0.1, 0.15) is 11.1 Å². The van der Waals surface area contributed by atoms with E-state index in [4.69, 9.17) is 9.72 Å². The zero-order chi connectivity index (χ0) is 14.4. The lowest BCUT2D eigenvalue weighted by molar-refractivity contribution is 0.136. The molecule has 108 valence electrons. The maximum Gasteiger partial charge on any atom is 0.134 e. The molecule has 1 aromatic heterocycles. The molecule has 2 atom stereocenters. The number of methoxy groups -OCH3 is 1. The molecule has 0 aliphatic heterocycles. The minimum Gasteiger partial charge on any atom is -0.370 e. The van der Waals surface area contributed by atoms with Crippen molar-refractivity contribution in [2.45, 2.75) is 32.4 Å². The lowest BCUT2D eigenvalue weighted by atomic mass is 10.1. The van der Waals surface area contributed by atoms with Gasteiger partial charge in [0, 0.05) is 18.5 Å². The third kappa shape index (κ3) is 3.66. The molecule has 2 unspecified atom stereocenters. The number of thiazole rings is 1. The summed E-state index contributed by atoms with van der Waals surface area (Å²) in [5, 5.41) is 6.60. The molecule has 0 fully saturated rings. The molecular formula is C16H22N2OS. The summed E-state index contributed by atoms with van der Waals surface area (Å²) in [7, 11) is 1.73. The van der Waals surface area contributed by atoms with E-state index in [-0.39, 0.29) is 12.1 Å². The fourth-order valence-corrected chi connectivity index (χ4v) is 3.11. The Morgan fingerprint density at radius 1 is 1.30 bits per heavy atom. The maximum absolute atomic E-state index is 5.62. The van der Waals surface area contributed by atoms with Crippen LogP contribution in [-0.2, 0) is 4.74 Å². The molecule has 0 radical (unpaired) electrons. The number of nitrogens with one attached hydrogen (secondary N) is 1. The number of nitrogens with zero attached hydrogens (tertiary/aromatic N) is 1. The van der Waals surface area contributed by atoms with Gasteiger partial charge in [-0.1, -0.05) is 37.3 Å². The van der Waals surface area contributed by atoms with Gasteiger partial charge in [-0.2, -0.15) is 0 Å². The van der Waals surface area contributed by atoms with E-state index in [1.165, 1.54) is 0 Å². The van der Waals surface area contributed by atoms with E-state index in [0.29, 0.717) is 0 Å². The minimum absolute atomic E-state index is 0.0756. The van der Waals surface area contributed by atoms with Crippen LogP contribution in [0.4, 0.5) is 0 Å². The van der Waals surface area contributed by atoms with Crippen molar-refractivity contribution in [2.24, 2.45) is 0 Å². The smallest absolute Gasteiger partial charge is 0.134 e. The monoisotopic (exact) mass is 290 g/mol. The number of benzene rings is 1. The van der Waals surface area contributed by atoms with E-state index in [1.54, 1.807) is 18.4 Å². The zero-order valence-electron chi connectivity index (χ0n) is 12.3. The van der Waals surface area contributed by atoms with Gasteiger partial charge in [-0.3, -0.25) is 0 Å². The summed E-state index contributed by atoms with van der Waals surface area (Å²) in [6.45, 7) is 5.34. The van der Waals surface area contributed by atoms with Crippen LogP contribution in [0.5, 0.6) is 0 Å². The van der Waals surface area contributed by atoms with Crippen LogP contribution in [0.2, 0.25) is 0 Å². The topological polar surface area (TPSA) is 34.1 Å². The van der Waals surface area contributed by atoms with E-state index in [0.717, 1.165) is 29.2 Å². The predicted molar refractivity (Wildman–Crippen MR) is 84.1 cm³/mol. The number of hydrogen-bond acceptors (Lipinski definition) is 4. The molecule has 2 aromatic rings. The standard InChI is InChI=1S/C16H22N2OS/c1-4-10-17-12(2)14-11-20-16(18-14)15(19-3)13-8-6-5-7-9-13/h5-9,11-12,15,17H,4,10H2,1-3H3. The van der Waals surface area contributed by atoms with Crippen LogP contribution in [0, 0.1) is 0 Å². The highest BCUT2D eigenvalue weighted by atomic mass is 32.1. The van der Waals surface area contributed by atoms with E-state index < -0.39 is 0 Å². The van der Waals surface area contributed by atoms with Crippen LogP contribution < -0.4 is 5.32 Å². The molecule has 0 saturated heterocycles. The van der Waals surface area contributed by atoms with Crippen LogP contribution in [0.25, 0.3) is 0 Å². The maximum atomic E-state index is 5.62. The van der Waals surface area contributed by atoms with E-state index in [2.05, 4.69) is 36.7 Å². The first kappa shape index (κ1) is 15.2. The average Bonchev–Trinajstić information content (AvgIpc) is 2.96. The van der Waals surface area contributed by atoms with Crippen molar-refractivity contribution in [2.75, 3.05) is 13.7 Å². The van der Waals surface area contributed by atoms with E-state index in [1.807, 2.05) is 18.2 Å². The SMILES string of the molecule is CCCNC(C)c1csc(C(OC)c2ccccc2)n1. The van der Waals surface area contributed by atoms with Crippen molar-refractivity contribution in [3.05, 3.63) is 52.0 Å². The van der Waals surface area contributed by atoms with Crippen LogP contribution in [0.15, 0.2) is 35.7 Å². The molecule has 0 aliphatic carbocycles. The summed E-state index contributed by atoms with van der Waals surface area (Å²) in [5.74, 6) is 0. The van der Waals surface area contributed by atoms with Gasteiger partial charge in [0.05, 0.1) is 5.69 Å². The van der Waals surface area contributed by atoms with Gasteiger partial charge in [-0.05, 0) is 25.5 Å². The van der Waals surface area contributed by atoms with Gasteiger partial charge in [-0.25, -0.2) is 4.98 Å². The summed E-state index contributed by atoms with van der Waals surface area (Å²) in [5.41, 5.74) is 2.24. The van der Waals surface area contributed by atoms with Crippen molar-refractivity contribution in [3.8, 4) is 0 Å². The summed E-state index contributed by atoms with van der Waals surface area (Å²) < 4.78 is 5.62. The Labute approximate surface area is 125 Å². The van der Waals surface area contributed by atoms with Crippen molar-refractivity contribution in [3.63, 3.8) is 0 Å². The Morgan fingerprint density at radius 2 is 2.05 bits per heavy atom. The highest BCUT2D eigenvalue weighted by Crippen LogP contribution is 2.29. The Morgan fingerprint density at radius 3 is 2.70 bits per heavy atom. The fourth-order valence-electron chi connectivity index (χ4n) is 2.09. The Bertz CT molecular complexity index is 512. The molecule has 0 saturated carbocycles. The van der Waals surface area contributed by atoms with Gasteiger partial charge in [0.2, 0.25) is 0 Å². The third-order valence-electron chi connectivity index (χ3n) is 3.25. The van der Waals surface area contributed by atoms with Gasteiger partial charge in [0.15, 0.2) is 0 Å². The Balaban J connectivity index is 2.14. The summed E-state index contributed by atoms with van der Waals surface area (Å²) >= 11 is 1.66. The quantitative estimate of drug-likeness (QED) is 0.838. The first-order valence-corrected chi connectivity index (χ1v) is 7.90.